The minimum atomic E-state index is -2.49. The van der Waals surface area contributed by atoms with E-state index >= 15 is 0 Å². The lowest BCUT2D eigenvalue weighted by Crippen LogP contribution is -2.36. The van der Waals surface area contributed by atoms with Gasteiger partial charge in [-0.05, 0) is 24.3 Å². The molecule has 21 heavy (non-hydrogen) atoms. The Labute approximate surface area is 125 Å². The van der Waals surface area contributed by atoms with Gasteiger partial charge in [0.05, 0.1) is 5.92 Å². The second kappa shape index (κ2) is 7.82. The molecule has 0 aliphatic heterocycles. The third kappa shape index (κ3) is 5.99. The molecule has 0 aromatic heterocycles. The summed E-state index contributed by atoms with van der Waals surface area (Å²) in [6.07, 6.45) is 0. The number of amides is 2. The number of nitrogens with zero attached hydrogens (tertiary/aromatic N) is 1. The first-order chi connectivity index (χ1) is 9.79. The number of hydrogen-bond donors (Lipinski definition) is 2. The number of alkyl halides is 2. The van der Waals surface area contributed by atoms with Crippen molar-refractivity contribution in [3.05, 3.63) is 24.3 Å². The van der Waals surface area contributed by atoms with Gasteiger partial charge in [-0.1, -0.05) is 18.7 Å². The Bertz CT molecular complexity index is 497. The van der Waals surface area contributed by atoms with Crippen molar-refractivity contribution in [2.24, 2.45) is 5.92 Å². The number of urea groups is 1. The number of anilines is 1. The summed E-state index contributed by atoms with van der Waals surface area (Å²) in [5.41, 5.74) is 0.452. The number of carbonyl (C=O) groups is 2. The van der Waals surface area contributed by atoms with Crippen molar-refractivity contribution in [2.75, 3.05) is 18.9 Å². The van der Waals surface area contributed by atoms with Gasteiger partial charge < -0.3 is 15.3 Å². The Morgan fingerprint density at radius 1 is 1.33 bits per heavy atom. The van der Waals surface area contributed by atoms with Gasteiger partial charge in [0.2, 0.25) is 0 Å². The van der Waals surface area contributed by atoms with Crippen LogP contribution >= 0.6 is 11.8 Å². The highest BCUT2D eigenvalue weighted by molar-refractivity contribution is 7.99. The highest BCUT2D eigenvalue weighted by atomic mass is 32.2. The maximum atomic E-state index is 12.2. The van der Waals surface area contributed by atoms with Crippen LogP contribution in [-0.4, -0.2) is 41.4 Å². The molecule has 0 radical (unpaired) electrons. The second-order valence-electron chi connectivity index (χ2n) is 4.45. The zero-order valence-electron chi connectivity index (χ0n) is 11.5. The van der Waals surface area contributed by atoms with Gasteiger partial charge in [-0.3, -0.25) is 4.79 Å². The molecule has 1 aromatic rings. The predicted octanol–water partition coefficient (Wildman–Crippen LogP) is 3.19. The summed E-state index contributed by atoms with van der Waals surface area (Å²) in [5, 5.41) is 11.3. The first-order valence-corrected chi connectivity index (χ1v) is 6.97. The van der Waals surface area contributed by atoms with E-state index in [9.17, 15) is 18.4 Å². The van der Waals surface area contributed by atoms with E-state index < -0.39 is 23.7 Å². The summed E-state index contributed by atoms with van der Waals surface area (Å²) in [4.78, 5) is 24.2. The lowest BCUT2D eigenvalue weighted by Gasteiger charge is -2.20. The lowest BCUT2D eigenvalue weighted by molar-refractivity contribution is -0.141. The summed E-state index contributed by atoms with van der Waals surface area (Å²) in [7, 11) is 1.48. The standard InChI is InChI=1S/C13H16F2N2O3S/c1-8(11(18)19)7-17(2)13(20)16-9-3-5-10(6-4-9)21-12(14)15/h3-6,8,12H,7H2,1-2H3,(H,16,20)(H,18,19). The van der Waals surface area contributed by atoms with E-state index in [0.717, 1.165) is 0 Å². The zero-order chi connectivity index (χ0) is 16.0. The maximum absolute atomic E-state index is 12.2. The van der Waals surface area contributed by atoms with E-state index in [2.05, 4.69) is 5.32 Å². The van der Waals surface area contributed by atoms with E-state index in [1.165, 1.54) is 43.1 Å². The average Bonchev–Trinajstić information content (AvgIpc) is 2.40. The van der Waals surface area contributed by atoms with Crippen LogP contribution in [0.2, 0.25) is 0 Å². The fourth-order valence-corrected chi connectivity index (χ4v) is 2.01. The Balaban J connectivity index is 2.56. The molecule has 1 atom stereocenters. The monoisotopic (exact) mass is 318 g/mol. The fourth-order valence-electron chi connectivity index (χ4n) is 1.51. The van der Waals surface area contributed by atoms with Crippen LogP contribution in [0.1, 0.15) is 6.92 Å². The third-order valence-corrected chi connectivity index (χ3v) is 3.37. The van der Waals surface area contributed by atoms with Crippen LogP contribution in [0.25, 0.3) is 0 Å². The predicted molar refractivity (Wildman–Crippen MR) is 76.8 cm³/mol. The summed E-state index contributed by atoms with van der Waals surface area (Å²) in [6, 6.07) is 5.52. The molecule has 0 saturated carbocycles. The molecule has 1 rings (SSSR count). The van der Waals surface area contributed by atoms with Crippen molar-refractivity contribution < 1.29 is 23.5 Å². The van der Waals surface area contributed by atoms with Crippen molar-refractivity contribution in [1.82, 2.24) is 4.90 Å². The molecule has 0 aliphatic rings. The summed E-state index contributed by atoms with van der Waals surface area (Å²) >= 11 is 0.422. The van der Waals surface area contributed by atoms with E-state index in [-0.39, 0.29) is 6.54 Å². The minimum Gasteiger partial charge on any atom is -0.481 e. The Hall–Kier alpha value is -1.83. The fraction of sp³-hybridized carbons (Fsp3) is 0.385. The van der Waals surface area contributed by atoms with Crippen LogP contribution in [0.15, 0.2) is 29.2 Å². The normalized spacial score (nSPS) is 12.0. The van der Waals surface area contributed by atoms with Gasteiger partial charge in [-0.15, -0.1) is 0 Å². The van der Waals surface area contributed by atoms with Crippen LogP contribution < -0.4 is 5.32 Å². The topological polar surface area (TPSA) is 69.6 Å². The molecule has 1 aromatic carbocycles. The van der Waals surface area contributed by atoms with Crippen molar-refractivity contribution in [3.63, 3.8) is 0 Å². The van der Waals surface area contributed by atoms with E-state index in [0.29, 0.717) is 22.3 Å². The molecule has 116 valence electrons. The SMILES string of the molecule is CC(CN(C)C(=O)Nc1ccc(SC(F)F)cc1)C(=O)O. The second-order valence-corrected chi connectivity index (χ2v) is 5.52. The number of thioether (sulfide) groups is 1. The molecule has 2 N–H and O–H groups in total. The van der Waals surface area contributed by atoms with Crippen molar-refractivity contribution in [3.8, 4) is 0 Å². The summed E-state index contributed by atoms with van der Waals surface area (Å²) in [6.45, 7) is 1.57. The number of carboxylic acid groups (broad SMARTS) is 1. The first kappa shape index (κ1) is 17.2. The van der Waals surface area contributed by atoms with Gasteiger partial charge >= 0.3 is 12.0 Å². The smallest absolute Gasteiger partial charge is 0.321 e. The number of nitrogens with one attached hydrogen (secondary N) is 1. The molecule has 0 fully saturated rings. The Morgan fingerprint density at radius 2 is 1.90 bits per heavy atom. The molecule has 0 saturated heterocycles. The number of benzene rings is 1. The van der Waals surface area contributed by atoms with E-state index in [4.69, 9.17) is 5.11 Å². The van der Waals surface area contributed by atoms with Crippen molar-refractivity contribution in [1.29, 1.82) is 0 Å². The summed E-state index contributed by atoms with van der Waals surface area (Å²) in [5.74, 6) is -4.15. The number of carboxylic acids is 1. The molecule has 8 heteroatoms. The maximum Gasteiger partial charge on any atom is 0.321 e. The number of hydrogen-bond acceptors (Lipinski definition) is 3. The van der Waals surface area contributed by atoms with Crippen molar-refractivity contribution in [2.45, 2.75) is 17.6 Å². The number of halogens is 2. The molecule has 1 unspecified atom stereocenters. The summed E-state index contributed by atoms with van der Waals surface area (Å²) < 4.78 is 24.3. The van der Waals surface area contributed by atoms with Gasteiger partial charge in [0.1, 0.15) is 0 Å². The molecule has 0 aliphatic carbocycles. The molecule has 0 heterocycles. The van der Waals surface area contributed by atoms with Crippen LogP contribution in [0.5, 0.6) is 0 Å². The molecule has 5 nitrogen and oxygen atoms in total. The first-order valence-electron chi connectivity index (χ1n) is 6.09. The van der Waals surface area contributed by atoms with Gasteiger partial charge in [-0.2, -0.15) is 8.78 Å². The lowest BCUT2D eigenvalue weighted by atomic mass is 10.2. The molecular formula is C13H16F2N2O3S. The Kier molecular flexibility index (Phi) is 6.41. The van der Waals surface area contributed by atoms with Crippen LogP contribution in [0.4, 0.5) is 19.3 Å². The molecule has 0 spiro atoms. The Morgan fingerprint density at radius 3 is 2.38 bits per heavy atom. The van der Waals surface area contributed by atoms with Gasteiger partial charge in [0, 0.05) is 24.2 Å². The van der Waals surface area contributed by atoms with Crippen LogP contribution in [0.3, 0.4) is 0 Å². The van der Waals surface area contributed by atoms with E-state index in [1.54, 1.807) is 0 Å². The largest absolute Gasteiger partial charge is 0.481 e. The highest BCUT2D eigenvalue weighted by Gasteiger charge is 2.17. The molecular weight excluding hydrogens is 302 g/mol. The van der Waals surface area contributed by atoms with Gasteiger partial charge in [0.25, 0.3) is 5.76 Å². The van der Waals surface area contributed by atoms with Crippen molar-refractivity contribution >= 4 is 29.4 Å². The third-order valence-electron chi connectivity index (χ3n) is 2.65. The zero-order valence-corrected chi connectivity index (χ0v) is 12.4. The highest BCUT2D eigenvalue weighted by Crippen LogP contribution is 2.26. The molecule has 2 amide bonds. The van der Waals surface area contributed by atoms with Gasteiger partial charge in [0.15, 0.2) is 0 Å². The van der Waals surface area contributed by atoms with Crippen LogP contribution in [0, 0.1) is 5.92 Å². The minimum absolute atomic E-state index is 0.0699. The number of carbonyl (C=O) groups excluding carboxylic acids is 1. The van der Waals surface area contributed by atoms with E-state index in [1.807, 2.05) is 0 Å². The average molecular weight is 318 g/mol. The number of aliphatic carboxylic acids is 1. The van der Waals surface area contributed by atoms with Gasteiger partial charge in [-0.25, -0.2) is 4.79 Å². The quantitative estimate of drug-likeness (QED) is 0.790. The number of rotatable bonds is 6. The van der Waals surface area contributed by atoms with Crippen LogP contribution in [-0.2, 0) is 4.79 Å². The molecule has 0 bridgehead atoms.